The van der Waals surface area contributed by atoms with E-state index in [1.165, 1.54) is 0 Å². The van der Waals surface area contributed by atoms with Gasteiger partial charge in [-0.3, -0.25) is 9.36 Å². The molecule has 0 aromatic carbocycles. The van der Waals surface area contributed by atoms with Gasteiger partial charge < -0.3 is 4.98 Å². The van der Waals surface area contributed by atoms with Crippen LogP contribution in [0.2, 0.25) is 0 Å². The number of rotatable bonds is 1. The summed E-state index contributed by atoms with van der Waals surface area (Å²) in [7, 11) is 1.74. The minimum absolute atomic E-state index is 0.00755. The largest absolute Gasteiger partial charge is 0.355 e. The molecule has 0 saturated heterocycles. The van der Waals surface area contributed by atoms with Crippen molar-refractivity contribution < 1.29 is 0 Å². The fourth-order valence-electron chi connectivity index (χ4n) is 1.44. The summed E-state index contributed by atoms with van der Waals surface area (Å²) in [4.78, 5) is 18.9. The van der Waals surface area contributed by atoms with E-state index in [-0.39, 0.29) is 5.56 Å². The van der Waals surface area contributed by atoms with Crippen molar-refractivity contribution in [1.82, 2.24) is 14.5 Å². The summed E-state index contributed by atoms with van der Waals surface area (Å²) in [5, 5.41) is 0. The lowest BCUT2D eigenvalue weighted by molar-refractivity contribution is 0.751. The summed E-state index contributed by atoms with van der Waals surface area (Å²) in [5.74, 6) is 0.817. The summed E-state index contributed by atoms with van der Waals surface area (Å²) < 4.78 is 1.58. The highest BCUT2D eigenvalue weighted by Crippen LogP contribution is 2.04. The molecule has 0 spiro atoms. The van der Waals surface area contributed by atoms with Crippen LogP contribution in [0.15, 0.2) is 17.1 Å². The molecule has 4 nitrogen and oxygen atoms in total. The topological polar surface area (TPSA) is 50.7 Å². The SMILES string of the molecule is CCc1nc2cc[nH]c2c(=O)n1C. The third kappa shape index (κ3) is 1.06. The molecule has 0 saturated carbocycles. The zero-order chi connectivity index (χ0) is 9.42. The van der Waals surface area contributed by atoms with Crippen LogP contribution in [-0.2, 0) is 13.5 Å². The first-order valence-electron chi connectivity index (χ1n) is 4.27. The average molecular weight is 177 g/mol. The van der Waals surface area contributed by atoms with E-state index in [1.54, 1.807) is 17.8 Å². The normalized spacial score (nSPS) is 10.9. The van der Waals surface area contributed by atoms with Crippen LogP contribution < -0.4 is 5.56 Å². The van der Waals surface area contributed by atoms with E-state index in [9.17, 15) is 4.79 Å². The van der Waals surface area contributed by atoms with E-state index in [0.29, 0.717) is 5.52 Å². The van der Waals surface area contributed by atoms with E-state index < -0.39 is 0 Å². The standard InChI is InChI=1S/C9H11N3O/c1-3-7-11-6-4-5-10-8(6)9(13)12(7)2/h4-5,10H,3H2,1-2H3. The van der Waals surface area contributed by atoms with Crippen LogP contribution in [0.1, 0.15) is 12.7 Å². The highest BCUT2D eigenvalue weighted by molar-refractivity contribution is 5.73. The van der Waals surface area contributed by atoms with Gasteiger partial charge in [0, 0.05) is 19.7 Å². The summed E-state index contributed by atoms with van der Waals surface area (Å²) in [6.07, 6.45) is 2.51. The van der Waals surface area contributed by atoms with Crippen molar-refractivity contribution >= 4 is 11.0 Å². The molecular formula is C9H11N3O. The monoisotopic (exact) mass is 177 g/mol. The van der Waals surface area contributed by atoms with Crippen molar-refractivity contribution in [3.05, 3.63) is 28.4 Å². The molecule has 0 bridgehead atoms. The van der Waals surface area contributed by atoms with Gasteiger partial charge in [0.1, 0.15) is 11.3 Å². The van der Waals surface area contributed by atoms with Crippen molar-refractivity contribution in [1.29, 1.82) is 0 Å². The molecule has 0 aliphatic carbocycles. The van der Waals surface area contributed by atoms with Gasteiger partial charge in [-0.15, -0.1) is 0 Å². The third-order valence-electron chi connectivity index (χ3n) is 2.20. The number of nitrogens with one attached hydrogen (secondary N) is 1. The van der Waals surface area contributed by atoms with E-state index in [2.05, 4.69) is 9.97 Å². The van der Waals surface area contributed by atoms with Crippen LogP contribution in [0.25, 0.3) is 11.0 Å². The van der Waals surface area contributed by atoms with Gasteiger partial charge in [-0.25, -0.2) is 4.98 Å². The number of aromatic nitrogens is 3. The molecule has 0 aliphatic heterocycles. The maximum absolute atomic E-state index is 11.7. The zero-order valence-electron chi connectivity index (χ0n) is 7.66. The highest BCUT2D eigenvalue weighted by atomic mass is 16.1. The summed E-state index contributed by atoms with van der Waals surface area (Å²) in [6, 6.07) is 1.82. The van der Waals surface area contributed by atoms with Crippen LogP contribution in [-0.4, -0.2) is 14.5 Å². The molecule has 1 N–H and O–H groups in total. The molecule has 0 aliphatic rings. The van der Waals surface area contributed by atoms with Gasteiger partial charge in [0.15, 0.2) is 0 Å². The molecule has 4 heteroatoms. The van der Waals surface area contributed by atoms with Gasteiger partial charge in [-0.2, -0.15) is 0 Å². The van der Waals surface area contributed by atoms with Gasteiger partial charge in [0.05, 0.1) is 5.52 Å². The molecule has 0 atom stereocenters. The first kappa shape index (κ1) is 8.04. The number of hydrogen-bond donors (Lipinski definition) is 1. The molecule has 0 radical (unpaired) electrons. The predicted octanol–water partition coefficient (Wildman–Crippen LogP) is 0.824. The number of aromatic amines is 1. The Labute approximate surface area is 75.2 Å². The fourth-order valence-corrected chi connectivity index (χ4v) is 1.44. The maximum Gasteiger partial charge on any atom is 0.277 e. The Bertz CT molecular complexity index is 495. The van der Waals surface area contributed by atoms with Crippen LogP contribution in [0.4, 0.5) is 0 Å². The Hall–Kier alpha value is -1.58. The van der Waals surface area contributed by atoms with Crippen molar-refractivity contribution in [3.63, 3.8) is 0 Å². The lowest BCUT2D eigenvalue weighted by Gasteiger charge is -2.03. The van der Waals surface area contributed by atoms with Crippen molar-refractivity contribution in [3.8, 4) is 0 Å². The summed E-state index contributed by atoms with van der Waals surface area (Å²) in [5.41, 5.74) is 1.33. The number of hydrogen-bond acceptors (Lipinski definition) is 2. The molecule has 2 heterocycles. The maximum atomic E-state index is 11.7. The first-order valence-corrected chi connectivity index (χ1v) is 4.27. The molecule has 0 fully saturated rings. The lowest BCUT2D eigenvalue weighted by Crippen LogP contribution is -2.21. The van der Waals surface area contributed by atoms with Gasteiger partial charge in [-0.05, 0) is 6.07 Å². The number of aryl methyl sites for hydroxylation is 1. The lowest BCUT2D eigenvalue weighted by atomic mass is 10.4. The quantitative estimate of drug-likeness (QED) is 0.701. The molecule has 13 heavy (non-hydrogen) atoms. The Morgan fingerprint density at radius 1 is 1.62 bits per heavy atom. The van der Waals surface area contributed by atoms with Crippen molar-refractivity contribution in [2.75, 3.05) is 0 Å². The van der Waals surface area contributed by atoms with Crippen LogP contribution in [0.3, 0.4) is 0 Å². The second-order valence-electron chi connectivity index (χ2n) is 2.98. The summed E-state index contributed by atoms with van der Waals surface area (Å²) >= 11 is 0. The Kier molecular flexibility index (Phi) is 1.69. The molecule has 68 valence electrons. The Balaban J connectivity index is 2.92. The van der Waals surface area contributed by atoms with E-state index in [4.69, 9.17) is 0 Å². The minimum Gasteiger partial charge on any atom is -0.355 e. The van der Waals surface area contributed by atoms with Gasteiger partial charge in [0.25, 0.3) is 5.56 Å². The van der Waals surface area contributed by atoms with Gasteiger partial charge >= 0.3 is 0 Å². The number of nitrogens with zero attached hydrogens (tertiary/aromatic N) is 2. The Morgan fingerprint density at radius 3 is 3.08 bits per heavy atom. The average Bonchev–Trinajstić information content (AvgIpc) is 2.59. The molecular weight excluding hydrogens is 166 g/mol. The molecule has 2 rings (SSSR count). The second kappa shape index (κ2) is 2.73. The highest BCUT2D eigenvalue weighted by Gasteiger charge is 2.06. The van der Waals surface area contributed by atoms with E-state index in [1.807, 2.05) is 13.0 Å². The molecule has 0 unspecified atom stereocenters. The number of H-pyrrole nitrogens is 1. The van der Waals surface area contributed by atoms with Gasteiger partial charge in [-0.1, -0.05) is 6.92 Å². The summed E-state index contributed by atoms with van der Waals surface area (Å²) in [6.45, 7) is 1.99. The number of fused-ring (bicyclic) bond motifs is 1. The second-order valence-corrected chi connectivity index (χ2v) is 2.98. The van der Waals surface area contributed by atoms with Crippen LogP contribution >= 0.6 is 0 Å². The van der Waals surface area contributed by atoms with Crippen LogP contribution in [0, 0.1) is 0 Å². The van der Waals surface area contributed by atoms with Gasteiger partial charge in [0.2, 0.25) is 0 Å². The molecule has 0 amide bonds. The van der Waals surface area contributed by atoms with E-state index in [0.717, 1.165) is 17.8 Å². The van der Waals surface area contributed by atoms with E-state index >= 15 is 0 Å². The Morgan fingerprint density at radius 2 is 2.38 bits per heavy atom. The third-order valence-corrected chi connectivity index (χ3v) is 2.20. The zero-order valence-corrected chi connectivity index (χ0v) is 7.66. The predicted molar refractivity (Wildman–Crippen MR) is 50.7 cm³/mol. The first-order chi connectivity index (χ1) is 6.24. The fraction of sp³-hybridized carbons (Fsp3) is 0.333. The van der Waals surface area contributed by atoms with Crippen molar-refractivity contribution in [2.24, 2.45) is 7.05 Å². The molecule has 2 aromatic heterocycles. The van der Waals surface area contributed by atoms with Crippen molar-refractivity contribution in [2.45, 2.75) is 13.3 Å². The minimum atomic E-state index is -0.00755. The smallest absolute Gasteiger partial charge is 0.277 e. The van der Waals surface area contributed by atoms with Crippen LogP contribution in [0.5, 0.6) is 0 Å². The molecule has 2 aromatic rings.